The van der Waals surface area contributed by atoms with Crippen LogP contribution in [-0.2, 0) is 42.9 Å². The number of carbonyl (C=O) groups excluding carboxylic acids is 6. The van der Waals surface area contributed by atoms with Crippen molar-refractivity contribution in [3.63, 3.8) is 0 Å². The summed E-state index contributed by atoms with van der Waals surface area (Å²) in [4.78, 5) is 78.5. The zero-order valence-corrected chi connectivity index (χ0v) is 25.9. The van der Waals surface area contributed by atoms with Crippen LogP contribution in [0.4, 0.5) is 0 Å². The number of carbonyl (C=O) groups is 6. The van der Waals surface area contributed by atoms with Crippen LogP contribution in [0.15, 0.2) is 54.1 Å². The van der Waals surface area contributed by atoms with Crippen LogP contribution in [-0.4, -0.2) is 59.4 Å². The molecule has 7 atom stereocenters. The number of fused-ring (bicyclic) bond motifs is 1. The molecule has 10 nitrogen and oxygen atoms in total. The molecule has 0 amide bonds. The Kier molecular flexibility index (Phi) is 10.1. The van der Waals surface area contributed by atoms with Gasteiger partial charge in [-0.3, -0.25) is 24.0 Å². The summed E-state index contributed by atoms with van der Waals surface area (Å²) in [6.07, 6.45) is 0.698. The molecule has 0 heterocycles. The highest BCUT2D eigenvalue weighted by Gasteiger charge is 2.64. The summed E-state index contributed by atoms with van der Waals surface area (Å²) in [5.74, 6) is -6.54. The summed E-state index contributed by atoms with van der Waals surface area (Å²) in [5, 5.41) is 0. The van der Waals surface area contributed by atoms with Crippen molar-refractivity contribution in [2.75, 3.05) is 0 Å². The number of Topliss-reactive ketones (excluding diaryl/α,β-unsaturated/α-hetero) is 1. The highest BCUT2D eigenvalue weighted by molar-refractivity contribution is 5.97. The van der Waals surface area contributed by atoms with E-state index >= 15 is 0 Å². The Hall–Kier alpha value is -4.08. The van der Waals surface area contributed by atoms with Crippen LogP contribution in [0.25, 0.3) is 0 Å². The zero-order chi connectivity index (χ0) is 32.3. The van der Waals surface area contributed by atoms with Crippen LogP contribution < -0.4 is 0 Å². The zero-order valence-electron chi connectivity index (χ0n) is 25.9. The highest BCUT2D eigenvalue weighted by Crippen LogP contribution is 2.50. The first-order chi connectivity index (χ1) is 20.0. The molecule has 232 valence electrons. The van der Waals surface area contributed by atoms with Gasteiger partial charge in [-0.2, -0.15) is 0 Å². The first-order valence-electron chi connectivity index (χ1n) is 14.3. The molecule has 1 aromatic carbocycles. The molecule has 0 bridgehead atoms. The van der Waals surface area contributed by atoms with Crippen molar-refractivity contribution >= 4 is 35.4 Å². The number of hydrogen-bond donors (Lipinski definition) is 0. The van der Waals surface area contributed by atoms with E-state index in [4.69, 9.17) is 18.9 Å². The van der Waals surface area contributed by atoms with Crippen molar-refractivity contribution < 1.29 is 47.7 Å². The smallest absolute Gasteiger partial charge is 0.338 e. The van der Waals surface area contributed by atoms with E-state index in [0.29, 0.717) is 0 Å². The van der Waals surface area contributed by atoms with Gasteiger partial charge in [0.15, 0.2) is 23.3 Å². The van der Waals surface area contributed by atoms with E-state index in [1.165, 1.54) is 33.8 Å². The first kappa shape index (κ1) is 33.4. The molecule has 0 saturated heterocycles. The fraction of sp³-hybridized carbons (Fsp3) is 0.515. The van der Waals surface area contributed by atoms with Crippen molar-refractivity contribution in [1.82, 2.24) is 0 Å². The third-order valence-corrected chi connectivity index (χ3v) is 7.96. The van der Waals surface area contributed by atoms with Gasteiger partial charge >= 0.3 is 23.9 Å². The Balaban J connectivity index is 2.31. The predicted molar refractivity (Wildman–Crippen MR) is 154 cm³/mol. The second-order valence-electron chi connectivity index (χ2n) is 12.1. The van der Waals surface area contributed by atoms with E-state index in [0.717, 1.165) is 0 Å². The third-order valence-electron chi connectivity index (χ3n) is 7.96. The van der Waals surface area contributed by atoms with Crippen LogP contribution in [0.5, 0.6) is 0 Å². The van der Waals surface area contributed by atoms with Gasteiger partial charge in [-0.05, 0) is 36.6 Å². The largest absolute Gasteiger partial charge is 0.458 e. The topological polar surface area (TPSA) is 139 Å². The van der Waals surface area contributed by atoms with Crippen molar-refractivity contribution in [3.05, 3.63) is 59.7 Å². The molecule has 0 radical (unpaired) electrons. The van der Waals surface area contributed by atoms with E-state index in [-0.39, 0.29) is 17.6 Å². The standard InChI is InChI=1S/C33H40O10/c1-18-14-15-32(7,8)30(41-22(5)35)25(37)16-19(2)27(40-21(4)34)26-28(42-31(39)24-12-10-9-11-13-24)20(3)17-33(26,29(18)38)43-23(6)36/h9-16,18,20,26-28,30H,17H2,1-8H3. The molecular weight excluding hydrogens is 556 g/mol. The predicted octanol–water partition coefficient (Wildman–Crippen LogP) is 4.35. The summed E-state index contributed by atoms with van der Waals surface area (Å²) in [5.41, 5.74) is -2.48. The molecule has 0 aliphatic heterocycles. The average molecular weight is 597 g/mol. The van der Waals surface area contributed by atoms with Crippen LogP contribution in [0.2, 0.25) is 0 Å². The number of benzene rings is 1. The Morgan fingerprint density at radius 1 is 0.860 bits per heavy atom. The van der Waals surface area contributed by atoms with Gasteiger partial charge in [0, 0.05) is 38.5 Å². The molecule has 3 rings (SSSR count). The first-order valence-corrected chi connectivity index (χ1v) is 14.3. The molecular formula is C33H40O10. The number of allylic oxidation sites excluding steroid dienone is 1. The SMILES string of the molecule is CC(=O)OC1C(C)=CC(=O)C(OC(C)=O)C(C)(C)C=CC(C)C(=O)C2(OC(C)=O)CC(C)C(OC(=O)c3ccccc3)C12. The molecule has 43 heavy (non-hydrogen) atoms. The van der Waals surface area contributed by atoms with Gasteiger partial charge < -0.3 is 18.9 Å². The second-order valence-corrected chi connectivity index (χ2v) is 12.1. The van der Waals surface area contributed by atoms with Gasteiger partial charge in [-0.15, -0.1) is 0 Å². The molecule has 1 aromatic rings. The Morgan fingerprint density at radius 3 is 2.02 bits per heavy atom. The molecule has 0 aromatic heterocycles. The minimum absolute atomic E-state index is 0.0283. The van der Waals surface area contributed by atoms with Gasteiger partial charge in [0.05, 0.1) is 11.5 Å². The fourth-order valence-electron chi connectivity index (χ4n) is 6.11. The molecule has 1 saturated carbocycles. The Morgan fingerprint density at radius 2 is 1.47 bits per heavy atom. The molecule has 2 aliphatic carbocycles. The monoisotopic (exact) mass is 596 g/mol. The maximum atomic E-state index is 14.4. The van der Waals surface area contributed by atoms with Crippen molar-refractivity contribution in [3.8, 4) is 0 Å². The molecule has 0 N–H and O–H groups in total. The second kappa shape index (κ2) is 13.1. The van der Waals surface area contributed by atoms with Gasteiger partial charge in [-0.25, -0.2) is 4.79 Å². The fourth-order valence-corrected chi connectivity index (χ4v) is 6.11. The van der Waals surface area contributed by atoms with E-state index in [9.17, 15) is 28.8 Å². The lowest BCUT2D eigenvalue weighted by molar-refractivity contribution is -0.182. The number of ether oxygens (including phenoxy) is 4. The summed E-state index contributed by atoms with van der Waals surface area (Å²) >= 11 is 0. The minimum atomic E-state index is -1.88. The van der Waals surface area contributed by atoms with Crippen LogP contribution >= 0.6 is 0 Å². The molecule has 0 spiro atoms. The third kappa shape index (κ3) is 7.29. The van der Waals surface area contributed by atoms with Crippen LogP contribution in [0.1, 0.15) is 72.2 Å². The molecule has 1 fully saturated rings. The maximum absolute atomic E-state index is 14.4. The summed E-state index contributed by atoms with van der Waals surface area (Å²) in [6, 6.07) is 8.24. The highest BCUT2D eigenvalue weighted by atomic mass is 16.6. The number of rotatable bonds is 5. The van der Waals surface area contributed by atoms with Crippen molar-refractivity contribution in [1.29, 1.82) is 0 Å². The number of hydrogen-bond acceptors (Lipinski definition) is 10. The van der Waals surface area contributed by atoms with Crippen LogP contribution in [0, 0.1) is 23.2 Å². The van der Waals surface area contributed by atoms with Gasteiger partial charge in [0.1, 0.15) is 12.2 Å². The molecule has 7 unspecified atom stereocenters. The number of ketones is 2. The summed E-state index contributed by atoms with van der Waals surface area (Å²) < 4.78 is 23.1. The van der Waals surface area contributed by atoms with E-state index in [1.54, 1.807) is 70.2 Å². The lowest BCUT2D eigenvalue weighted by atomic mass is 9.74. The average Bonchev–Trinajstić information content (AvgIpc) is 3.18. The lowest BCUT2D eigenvalue weighted by Crippen LogP contribution is -2.56. The Labute approximate surface area is 251 Å². The normalized spacial score (nSPS) is 30.6. The summed E-state index contributed by atoms with van der Waals surface area (Å²) in [7, 11) is 0. The molecule has 2 aliphatic rings. The Bertz CT molecular complexity index is 1340. The quantitative estimate of drug-likeness (QED) is 0.274. The van der Waals surface area contributed by atoms with Gasteiger partial charge in [0.25, 0.3) is 0 Å². The van der Waals surface area contributed by atoms with E-state index in [1.807, 2.05) is 0 Å². The van der Waals surface area contributed by atoms with Gasteiger partial charge in [-0.1, -0.05) is 58.0 Å². The van der Waals surface area contributed by atoms with Crippen LogP contribution in [0.3, 0.4) is 0 Å². The number of esters is 4. The minimum Gasteiger partial charge on any atom is -0.458 e. The van der Waals surface area contributed by atoms with E-state index in [2.05, 4.69) is 0 Å². The lowest BCUT2D eigenvalue weighted by Gasteiger charge is -2.40. The van der Waals surface area contributed by atoms with E-state index < -0.39 is 82.5 Å². The van der Waals surface area contributed by atoms with Crippen molar-refractivity contribution in [2.45, 2.75) is 85.7 Å². The summed E-state index contributed by atoms with van der Waals surface area (Å²) in [6.45, 7) is 11.8. The van der Waals surface area contributed by atoms with Crippen molar-refractivity contribution in [2.24, 2.45) is 23.2 Å². The van der Waals surface area contributed by atoms with Gasteiger partial charge in [0.2, 0.25) is 0 Å². The maximum Gasteiger partial charge on any atom is 0.338 e. The molecule has 10 heteroatoms.